The van der Waals surface area contributed by atoms with Crippen LogP contribution in [0.1, 0.15) is 32.1 Å². The predicted octanol–water partition coefficient (Wildman–Crippen LogP) is 3.07. The second-order valence-corrected chi connectivity index (χ2v) is 6.56. The Morgan fingerprint density at radius 2 is 2.05 bits per heavy atom. The molecule has 1 aromatic carbocycles. The van der Waals surface area contributed by atoms with Crippen LogP contribution in [0.4, 0.5) is 5.69 Å². The van der Waals surface area contributed by atoms with E-state index in [1.165, 1.54) is 31.4 Å². The van der Waals surface area contributed by atoms with Gasteiger partial charge >= 0.3 is 0 Å². The van der Waals surface area contributed by atoms with Gasteiger partial charge < -0.3 is 15.8 Å². The molecule has 2 bridgehead atoms. The molecule has 2 saturated carbocycles. The SMILES string of the molecule is NC(CCN(CC1CC2CCC1C2)c1ccccc1)=NO. The van der Waals surface area contributed by atoms with Gasteiger partial charge in [0.15, 0.2) is 0 Å². The summed E-state index contributed by atoms with van der Waals surface area (Å²) in [5, 5.41) is 11.8. The van der Waals surface area contributed by atoms with Crippen molar-refractivity contribution in [3.05, 3.63) is 30.3 Å². The van der Waals surface area contributed by atoms with Crippen LogP contribution in [0.3, 0.4) is 0 Å². The first-order valence-corrected chi connectivity index (χ1v) is 8.02. The van der Waals surface area contributed by atoms with Crippen LogP contribution in [0.2, 0.25) is 0 Å². The summed E-state index contributed by atoms with van der Waals surface area (Å²) < 4.78 is 0. The molecule has 0 radical (unpaired) electrons. The average Bonchev–Trinajstić information content (AvgIpc) is 3.14. The van der Waals surface area contributed by atoms with E-state index < -0.39 is 0 Å². The van der Waals surface area contributed by atoms with Crippen molar-refractivity contribution in [2.75, 3.05) is 18.0 Å². The van der Waals surface area contributed by atoms with E-state index in [2.05, 4.69) is 34.3 Å². The summed E-state index contributed by atoms with van der Waals surface area (Å²) in [5.41, 5.74) is 6.88. The topological polar surface area (TPSA) is 61.8 Å². The number of hydrogen-bond acceptors (Lipinski definition) is 3. The molecule has 3 N–H and O–H groups in total. The van der Waals surface area contributed by atoms with Crippen molar-refractivity contribution in [2.45, 2.75) is 32.1 Å². The summed E-state index contributed by atoms with van der Waals surface area (Å²) in [5.74, 6) is 3.02. The minimum Gasteiger partial charge on any atom is -0.409 e. The van der Waals surface area contributed by atoms with Crippen LogP contribution in [-0.2, 0) is 0 Å². The maximum atomic E-state index is 8.73. The van der Waals surface area contributed by atoms with E-state index in [4.69, 9.17) is 10.9 Å². The number of hydrogen-bond donors (Lipinski definition) is 2. The third-order valence-electron chi connectivity index (χ3n) is 5.23. The van der Waals surface area contributed by atoms with Gasteiger partial charge in [-0.1, -0.05) is 29.8 Å². The molecule has 114 valence electrons. The van der Waals surface area contributed by atoms with E-state index in [1.807, 2.05) is 6.07 Å². The molecule has 2 fully saturated rings. The van der Waals surface area contributed by atoms with Crippen LogP contribution in [0.15, 0.2) is 35.5 Å². The number of nitrogens with two attached hydrogens (primary N) is 1. The number of oxime groups is 1. The lowest BCUT2D eigenvalue weighted by Crippen LogP contribution is -2.34. The van der Waals surface area contributed by atoms with E-state index in [9.17, 15) is 0 Å². The Morgan fingerprint density at radius 1 is 1.24 bits per heavy atom. The zero-order chi connectivity index (χ0) is 14.7. The minimum atomic E-state index is 0.309. The summed E-state index contributed by atoms with van der Waals surface area (Å²) in [6.45, 7) is 1.91. The van der Waals surface area contributed by atoms with Crippen molar-refractivity contribution in [1.82, 2.24) is 0 Å². The largest absolute Gasteiger partial charge is 0.409 e. The summed E-state index contributed by atoms with van der Waals surface area (Å²) >= 11 is 0. The van der Waals surface area contributed by atoms with Gasteiger partial charge in [0.25, 0.3) is 0 Å². The zero-order valence-corrected chi connectivity index (χ0v) is 12.5. The molecule has 3 atom stereocenters. The van der Waals surface area contributed by atoms with Crippen molar-refractivity contribution in [2.24, 2.45) is 28.6 Å². The van der Waals surface area contributed by atoms with Gasteiger partial charge in [-0.25, -0.2) is 0 Å². The van der Waals surface area contributed by atoms with Gasteiger partial charge in [-0.05, 0) is 49.1 Å². The monoisotopic (exact) mass is 287 g/mol. The van der Waals surface area contributed by atoms with Crippen LogP contribution >= 0.6 is 0 Å². The molecule has 1 aromatic rings. The lowest BCUT2D eigenvalue weighted by Gasteiger charge is -2.31. The van der Waals surface area contributed by atoms with E-state index in [0.29, 0.717) is 12.3 Å². The maximum absolute atomic E-state index is 8.73. The Labute approximate surface area is 126 Å². The van der Waals surface area contributed by atoms with Gasteiger partial charge in [0.1, 0.15) is 5.84 Å². The number of rotatable bonds is 6. The van der Waals surface area contributed by atoms with Gasteiger partial charge in [-0.15, -0.1) is 0 Å². The van der Waals surface area contributed by atoms with Crippen molar-refractivity contribution in [3.8, 4) is 0 Å². The van der Waals surface area contributed by atoms with Crippen molar-refractivity contribution < 1.29 is 5.21 Å². The Hall–Kier alpha value is -1.71. The lowest BCUT2D eigenvalue weighted by atomic mass is 9.88. The van der Waals surface area contributed by atoms with Gasteiger partial charge in [-0.3, -0.25) is 0 Å². The summed E-state index contributed by atoms with van der Waals surface area (Å²) in [6, 6.07) is 10.5. The standard InChI is InChI=1S/C17H25N3O/c18-17(19-21)8-9-20(16-4-2-1-3-5-16)12-15-11-13-6-7-14(15)10-13/h1-5,13-15,21H,6-12H2,(H2,18,19). The Bertz CT molecular complexity index is 488. The maximum Gasteiger partial charge on any atom is 0.140 e. The fourth-order valence-electron chi connectivity index (χ4n) is 4.15. The van der Waals surface area contributed by atoms with Crippen molar-refractivity contribution >= 4 is 11.5 Å². The molecule has 0 saturated heterocycles. The quantitative estimate of drug-likeness (QED) is 0.366. The highest BCUT2D eigenvalue weighted by Gasteiger charge is 2.39. The molecule has 21 heavy (non-hydrogen) atoms. The third-order valence-corrected chi connectivity index (χ3v) is 5.23. The second kappa shape index (κ2) is 6.37. The number of benzene rings is 1. The molecule has 3 unspecified atom stereocenters. The summed E-state index contributed by atoms with van der Waals surface area (Å²) in [7, 11) is 0. The van der Waals surface area contributed by atoms with Crippen LogP contribution in [0, 0.1) is 17.8 Å². The first kappa shape index (κ1) is 14.2. The summed E-state index contributed by atoms with van der Waals surface area (Å²) in [6.07, 6.45) is 6.28. The molecule has 0 aliphatic heterocycles. The highest BCUT2D eigenvalue weighted by molar-refractivity contribution is 5.80. The highest BCUT2D eigenvalue weighted by Crippen LogP contribution is 2.48. The van der Waals surface area contributed by atoms with Crippen LogP contribution in [-0.4, -0.2) is 24.1 Å². The molecule has 0 heterocycles. The number of nitrogens with zero attached hydrogens (tertiary/aromatic N) is 2. The van der Waals surface area contributed by atoms with Gasteiger partial charge in [-0.2, -0.15) is 0 Å². The van der Waals surface area contributed by atoms with E-state index in [0.717, 1.165) is 30.8 Å². The fourth-order valence-corrected chi connectivity index (χ4v) is 4.15. The molecule has 4 nitrogen and oxygen atoms in total. The molecule has 0 amide bonds. The molecule has 3 rings (SSSR count). The Balaban J connectivity index is 1.67. The smallest absolute Gasteiger partial charge is 0.140 e. The van der Waals surface area contributed by atoms with Crippen LogP contribution in [0.5, 0.6) is 0 Å². The molecule has 4 heteroatoms. The van der Waals surface area contributed by atoms with E-state index >= 15 is 0 Å². The zero-order valence-electron chi connectivity index (χ0n) is 12.5. The number of fused-ring (bicyclic) bond motifs is 2. The number of amidine groups is 1. The molecular formula is C17H25N3O. The van der Waals surface area contributed by atoms with Gasteiger partial charge in [0.2, 0.25) is 0 Å². The second-order valence-electron chi connectivity index (χ2n) is 6.56. The highest BCUT2D eigenvalue weighted by atomic mass is 16.4. The van der Waals surface area contributed by atoms with Crippen molar-refractivity contribution in [3.63, 3.8) is 0 Å². The fraction of sp³-hybridized carbons (Fsp3) is 0.588. The first-order valence-electron chi connectivity index (χ1n) is 8.02. The number of anilines is 1. The molecular weight excluding hydrogens is 262 g/mol. The number of para-hydroxylation sites is 1. The van der Waals surface area contributed by atoms with Crippen LogP contribution < -0.4 is 10.6 Å². The normalized spacial score (nSPS) is 28.0. The average molecular weight is 287 g/mol. The summed E-state index contributed by atoms with van der Waals surface area (Å²) in [4.78, 5) is 2.41. The molecule has 0 spiro atoms. The third kappa shape index (κ3) is 3.31. The molecule has 2 aliphatic carbocycles. The molecule has 0 aromatic heterocycles. The predicted molar refractivity (Wildman–Crippen MR) is 85.6 cm³/mol. The van der Waals surface area contributed by atoms with E-state index in [-0.39, 0.29) is 0 Å². The van der Waals surface area contributed by atoms with Gasteiger partial charge in [0, 0.05) is 25.2 Å². The first-order chi connectivity index (χ1) is 10.3. The Kier molecular flexibility index (Phi) is 4.32. The lowest BCUT2D eigenvalue weighted by molar-refractivity contribution is 0.316. The van der Waals surface area contributed by atoms with Gasteiger partial charge in [0.05, 0.1) is 0 Å². The minimum absolute atomic E-state index is 0.309. The molecule has 2 aliphatic rings. The van der Waals surface area contributed by atoms with E-state index in [1.54, 1.807) is 0 Å². The van der Waals surface area contributed by atoms with Crippen molar-refractivity contribution in [1.29, 1.82) is 0 Å². The Morgan fingerprint density at radius 3 is 2.67 bits per heavy atom. The van der Waals surface area contributed by atoms with Crippen LogP contribution in [0.25, 0.3) is 0 Å².